The van der Waals surface area contributed by atoms with Crippen LogP contribution >= 0.6 is 11.6 Å². The molecule has 0 bridgehead atoms. The molecule has 1 unspecified atom stereocenters. The first-order valence-electron chi connectivity index (χ1n) is 7.90. The first-order valence-corrected chi connectivity index (χ1v) is 8.28. The summed E-state index contributed by atoms with van der Waals surface area (Å²) in [6.45, 7) is 6.21. The second-order valence-corrected chi connectivity index (χ2v) is 6.55. The molecule has 1 aliphatic rings. The lowest BCUT2D eigenvalue weighted by atomic mass is 9.82. The van der Waals surface area contributed by atoms with E-state index in [1.54, 1.807) is 0 Å². The van der Waals surface area contributed by atoms with Crippen molar-refractivity contribution >= 4 is 11.6 Å². The fraction of sp³-hybridized carbons (Fsp3) is 0.647. The molecule has 22 heavy (non-hydrogen) atoms. The van der Waals surface area contributed by atoms with Gasteiger partial charge in [-0.1, -0.05) is 23.7 Å². The van der Waals surface area contributed by atoms with Crippen LogP contribution in [0.1, 0.15) is 32.3 Å². The molecule has 0 aromatic heterocycles. The average Bonchev–Trinajstić information content (AvgIpc) is 2.52. The SMILES string of the molecule is CC(C)OCC(O)CNC1(c2ccc(Cl)cc2)CCOCC1. The largest absolute Gasteiger partial charge is 0.389 e. The molecule has 2 rings (SSSR count). The fourth-order valence-electron chi connectivity index (χ4n) is 2.73. The smallest absolute Gasteiger partial charge is 0.0898 e. The van der Waals surface area contributed by atoms with Crippen LogP contribution in [0.15, 0.2) is 24.3 Å². The van der Waals surface area contributed by atoms with Gasteiger partial charge in [0.2, 0.25) is 0 Å². The summed E-state index contributed by atoms with van der Waals surface area (Å²) in [5, 5.41) is 14.4. The predicted molar refractivity (Wildman–Crippen MR) is 88.3 cm³/mol. The van der Waals surface area contributed by atoms with Crippen molar-refractivity contribution in [3.05, 3.63) is 34.9 Å². The highest BCUT2D eigenvalue weighted by Gasteiger charge is 2.34. The molecule has 1 atom stereocenters. The lowest BCUT2D eigenvalue weighted by Gasteiger charge is -2.39. The minimum atomic E-state index is -0.519. The van der Waals surface area contributed by atoms with E-state index in [4.69, 9.17) is 21.1 Å². The molecule has 0 spiro atoms. The maximum atomic E-state index is 10.1. The van der Waals surface area contributed by atoms with Crippen molar-refractivity contribution in [3.63, 3.8) is 0 Å². The Morgan fingerprint density at radius 2 is 1.91 bits per heavy atom. The third-order valence-electron chi connectivity index (χ3n) is 4.04. The van der Waals surface area contributed by atoms with Gasteiger partial charge in [0.25, 0.3) is 0 Å². The third kappa shape index (κ3) is 4.93. The molecule has 1 fully saturated rings. The Balaban J connectivity index is 2.01. The second kappa shape index (κ2) is 8.27. The molecule has 124 valence electrons. The van der Waals surface area contributed by atoms with Gasteiger partial charge in [-0.05, 0) is 44.4 Å². The third-order valence-corrected chi connectivity index (χ3v) is 4.29. The number of aliphatic hydroxyl groups is 1. The first-order chi connectivity index (χ1) is 10.5. The van der Waals surface area contributed by atoms with Crippen LogP contribution in [0, 0.1) is 0 Å². The molecule has 1 aromatic rings. The Kier molecular flexibility index (Phi) is 6.66. The molecular formula is C17H26ClNO3. The van der Waals surface area contributed by atoms with Crippen LogP contribution < -0.4 is 5.32 Å². The van der Waals surface area contributed by atoms with E-state index in [-0.39, 0.29) is 11.6 Å². The number of rotatable bonds is 7. The summed E-state index contributed by atoms with van der Waals surface area (Å²) >= 11 is 5.99. The van der Waals surface area contributed by atoms with Gasteiger partial charge in [0.15, 0.2) is 0 Å². The number of hydrogen-bond acceptors (Lipinski definition) is 4. The van der Waals surface area contributed by atoms with Crippen LogP contribution in [0.4, 0.5) is 0 Å². The van der Waals surface area contributed by atoms with Gasteiger partial charge in [0, 0.05) is 30.3 Å². The van der Waals surface area contributed by atoms with Crippen molar-refractivity contribution in [1.29, 1.82) is 0 Å². The van der Waals surface area contributed by atoms with Crippen molar-refractivity contribution < 1.29 is 14.6 Å². The van der Waals surface area contributed by atoms with E-state index >= 15 is 0 Å². The fourth-order valence-corrected chi connectivity index (χ4v) is 2.86. The predicted octanol–water partition coefficient (Wildman–Crippen LogP) is 2.72. The molecule has 1 heterocycles. The highest BCUT2D eigenvalue weighted by Crippen LogP contribution is 2.32. The molecule has 1 aliphatic heterocycles. The maximum Gasteiger partial charge on any atom is 0.0898 e. The average molecular weight is 328 g/mol. The molecule has 0 saturated carbocycles. The molecule has 0 radical (unpaired) electrons. The first kappa shape index (κ1) is 17.7. The standard InChI is InChI=1S/C17H26ClNO3/c1-13(2)22-12-16(20)11-19-17(7-9-21-10-8-17)14-3-5-15(18)6-4-14/h3-6,13,16,19-20H,7-12H2,1-2H3. The van der Waals surface area contributed by atoms with E-state index in [9.17, 15) is 5.11 Å². The summed E-state index contributed by atoms with van der Waals surface area (Å²) in [7, 11) is 0. The minimum Gasteiger partial charge on any atom is -0.389 e. The Morgan fingerprint density at radius 1 is 1.27 bits per heavy atom. The topological polar surface area (TPSA) is 50.7 Å². The zero-order valence-corrected chi connectivity index (χ0v) is 14.1. The molecule has 1 aromatic carbocycles. The van der Waals surface area contributed by atoms with Gasteiger partial charge in [0.1, 0.15) is 0 Å². The highest BCUT2D eigenvalue weighted by molar-refractivity contribution is 6.30. The van der Waals surface area contributed by atoms with Crippen molar-refractivity contribution in [2.45, 2.75) is 44.4 Å². The molecule has 5 heteroatoms. The van der Waals surface area contributed by atoms with Crippen LogP contribution in [-0.2, 0) is 15.0 Å². The Labute approximate surface area is 137 Å². The number of nitrogens with one attached hydrogen (secondary N) is 1. The normalized spacial score (nSPS) is 19.3. The molecular weight excluding hydrogens is 302 g/mol. The minimum absolute atomic E-state index is 0.128. The molecule has 4 nitrogen and oxygen atoms in total. The summed E-state index contributed by atoms with van der Waals surface area (Å²) < 4.78 is 11.0. The van der Waals surface area contributed by atoms with Gasteiger partial charge in [-0.3, -0.25) is 0 Å². The summed E-state index contributed by atoms with van der Waals surface area (Å²) in [4.78, 5) is 0. The number of aliphatic hydroxyl groups excluding tert-OH is 1. The van der Waals surface area contributed by atoms with Gasteiger partial charge in [-0.15, -0.1) is 0 Å². The Hall–Kier alpha value is -0.650. The van der Waals surface area contributed by atoms with E-state index < -0.39 is 6.10 Å². The zero-order chi connectivity index (χ0) is 16.0. The monoisotopic (exact) mass is 327 g/mol. The van der Waals surface area contributed by atoms with E-state index in [2.05, 4.69) is 17.4 Å². The van der Waals surface area contributed by atoms with Crippen molar-refractivity contribution in [2.24, 2.45) is 0 Å². The van der Waals surface area contributed by atoms with Gasteiger partial charge >= 0.3 is 0 Å². The van der Waals surface area contributed by atoms with Gasteiger partial charge in [0.05, 0.1) is 18.8 Å². The number of halogens is 1. The molecule has 0 amide bonds. The van der Waals surface area contributed by atoms with Crippen molar-refractivity contribution in [1.82, 2.24) is 5.32 Å². The highest BCUT2D eigenvalue weighted by atomic mass is 35.5. The van der Waals surface area contributed by atoms with Crippen LogP contribution in [0.5, 0.6) is 0 Å². The van der Waals surface area contributed by atoms with Crippen LogP contribution in [0.2, 0.25) is 5.02 Å². The summed E-state index contributed by atoms with van der Waals surface area (Å²) in [5.74, 6) is 0. The Bertz CT molecular complexity index is 444. The number of benzene rings is 1. The van der Waals surface area contributed by atoms with Crippen LogP contribution in [0.3, 0.4) is 0 Å². The maximum absolute atomic E-state index is 10.1. The van der Waals surface area contributed by atoms with Gasteiger partial charge in [-0.2, -0.15) is 0 Å². The van der Waals surface area contributed by atoms with Crippen LogP contribution in [-0.4, -0.2) is 43.7 Å². The number of ether oxygens (including phenoxy) is 2. The number of hydrogen-bond donors (Lipinski definition) is 2. The zero-order valence-electron chi connectivity index (χ0n) is 13.3. The van der Waals surface area contributed by atoms with Crippen LogP contribution in [0.25, 0.3) is 0 Å². The van der Waals surface area contributed by atoms with E-state index in [0.29, 0.717) is 26.4 Å². The van der Waals surface area contributed by atoms with Crippen molar-refractivity contribution in [2.75, 3.05) is 26.4 Å². The molecule has 0 aliphatic carbocycles. The van der Waals surface area contributed by atoms with E-state index in [0.717, 1.165) is 17.9 Å². The van der Waals surface area contributed by atoms with Gasteiger partial charge < -0.3 is 19.9 Å². The lowest BCUT2D eigenvalue weighted by Crippen LogP contribution is -2.49. The lowest BCUT2D eigenvalue weighted by molar-refractivity contribution is -0.00625. The summed E-state index contributed by atoms with van der Waals surface area (Å²) in [6, 6.07) is 7.93. The molecule has 2 N–H and O–H groups in total. The summed E-state index contributed by atoms with van der Waals surface area (Å²) in [6.07, 6.45) is 1.37. The Morgan fingerprint density at radius 3 is 2.50 bits per heavy atom. The van der Waals surface area contributed by atoms with Gasteiger partial charge in [-0.25, -0.2) is 0 Å². The quantitative estimate of drug-likeness (QED) is 0.808. The van der Waals surface area contributed by atoms with E-state index in [1.165, 1.54) is 5.56 Å². The van der Waals surface area contributed by atoms with E-state index in [1.807, 2.05) is 26.0 Å². The second-order valence-electron chi connectivity index (χ2n) is 6.12. The summed E-state index contributed by atoms with van der Waals surface area (Å²) in [5.41, 5.74) is 1.03. The molecule has 1 saturated heterocycles. The van der Waals surface area contributed by atoms with Crippen molar-refractivity contribution in [3.8, 4) is 0 Å².